The molecule has 1 heterocycles. The molecule has 1 saturated heterocycles. The van der Waals surface area contributed by atoms with Gasteiger partial charge in [-0.05, 0) is 40.8 Å². The summed E-state index contributed by atoms with van der Waals surface area (Å²) in [5.41, 5.74) is 0.978. The fourth-order valence-corrected chi connectivity index (χ4v) is 2.34. The molecule has 0 atom stereocenters. The zero-order valence-corrected chi connectivity index (χ0v) is 13.6. The third-order valence-electron chi connectivity index (χ3n) is 2.81. The van der Waals surface area contributed by atoms with Gasteiger partial charge in [-0.2, -0.15) is 0 Å². The number of hydrogen-bond donors (Lipinski definition) is 0. The smallest absolute Gasteiger partial charge is 0.188 e. The molecule has 0 aliphatic carbocycles. The quantitative estimate of drug-likeness (QED) is 0.595. The maximum absolute atomic E-state index is 5.81. The molecule has 0 radical (unpaired) electrons. The van der Waals surface area contributed by atoms with Crippen molar-refractivity contribution < 1.29 is 18.9 Å². The van der Waals surface area contributed by atoms with Crippen LogP contribution in [0.4, 0.5) is 0 Å². The molecule has 1 aliphatic rings. The second-order valence-electron chi connectivity index (χ2n) is 5.35. The second kappa shape index (κ2) is 6.39. The standard InChI is InChI=1S/C14H19IO4/c1-14(2)7-17-13(18-8-14)11-6-10(15)4-5-12(11)19-9-16-3/h4-6,13H,7-9H2,1-3H3. The first-order valence-electron chi connectivity index (χ1n) is 6.16. The number of halogens is 1. The third-order valence-corrected chi connectivity index (χ3v) is 3.48. The van der Waals surface area contributed by atoms with Crippen molar-refractivity contribution in [3.63, 3.8) is 0 Å². The van der Waals surface area contributed by atoms with E-state index in [-0.39, 0.29) is 18.5 Å². The van der Waals surface area contributed by atoms with Gasteiger partial charge < -0.3 is 18.9 Å². The van der Waals surface area contributed by atoms with Crippen LogP contribution < -0.4 is 4.74 Å². The average Bonchev–Trinajstić information content (AvgIpc) is 2.37. The lowest BCUT2D eigenvalue weighted by atomic mass is 9.95. The monoisotopic (exact) mass is 378 g/mol. The Morgan fingerprint density at radius 1 is 1.32 bits per heavy atom. The van der Waals surface area contributed by atoms with Crippen molar-refractivity contribution in [2.45, 2.75) is 20.1 Å². The Labute approximate surface area is 127 Å². The van der Waals surface area contributed by atoms with Gasteiger partial charge in [-0.1, -0.05) is 13.8 Å². The van der Waals surface area contributed by atoms with Crippen LogP contribution in [-0.2, 0) is 14.2 Å². The van der Waals surface area contributed by atoms with Gasteiger partial charge >= 0.3 is 0 Å². The molecule has 0 unspecified atom stereocenters. The normalized spacial score (nSPS) is 19.4. The molecule has 0 bridgehead atoms. The SMILES string of the molecule is COCOc1ccc(I)cc1C1OCC(C)(C)CO1. The summed E-state index contributed by atoms with van der Waals surface area (Å²) in [5.74, 6) is 0.743. The van der Waals surface area contributed by atoms with E-state index in [1.54, 1.807) is 7.11 Å². The maximum Gasteiger partial charge on any atom is 0.188 e. The van der Waals surface area contributed by atoms with Crippen molar-refractivity contribution in [2.75, 3.05) is 27.1 Å². The Balaban J connectivity index is 2.16. The van der Waals surface area contributed by atoms with Crippen molar-refractivity contribution in [1.82, 2.24) is 0 Å². The second-order valence-corrected chi connectivity index (χ2v) is 6.60. The van der Waals surface area contributed by atoms with Gasteiger partial charge in [0.05, 0.1) is 18.8 Å². The van der Waals surface area contributed by atoms with Crippen LogP contribution >= 0.6 is 22.6 Å². The first kappa shape index (κ1) is 15.0. The first-order chi connectivity index (χ1) is 9.02. The minimum atomic E-state index is -0.366. The number of hydrogen-bond acceptors (Lipinski definition) is 4. The number of methoxy groups -OCH3 is 1. The molecule has 4 nitrogen and oxygen atoms in total. The lowest BCUT2D eigenvalue weighted by molar-refractivity contribution is -0.227. The molecule has 1 aliphatic heterocycles. The van der Waals surface area contributed by atoms with Crippen molar-refractivity contribution in [3.05, 3.63) is 27.3 Å². The van der Waals surface area contributed by atoms with Gasteiger partial charge in [0.15, 0.2) is 13.1 Å². The molecule has 2 rings (SSSR count). The summed E-state index contributed by atoms with van der Waals surface area (Å²) in [6.45, 7) is 5.81. The molecular formula is C14H19IO4. The average molecular weight is 378 g/mol. The predicted molar refractivity (Wildman–Crippen MR) is 80.1 cm³/mol. The number of benzene rings is 1. The molecule has 5 heteroatoms. The van der Waals surface area contributed by atoms with Crippen LogP contribution in [0.1, 0.15) is 25.7 Å². The van der Waals surface area contributed by atoms with Crippen LogP contribution in [0.2, 0.25) is 0 Å². The van der Waals surface area contributed by atoms with Crippen molar-refractivity contribution >= 4 is 22.6 Å². The maximum atomic E-state index is 5.81. The van der Waals surface area contributed by atoms with Crippen molar-refractivity contribution in [3.8, 4) is 5.75 Å². The Hall–Kier alpha value is -0.370. The van der Waals surface area contributed by atoms with Gasteiger partial charge in [-0.25, -0.2) is 0 Å². The fraction of sp³-hybridized carbons (Fsp3) is 0.571. The minimum absolute atomic E-state index is 0.0615. The molecule has 106 valence electrons. The van der Waals surface area contributed by atoms with Gasteiger partial charge in [-0.3, -0.25) is 0 Å². The Morgan fingerprint density at radius 2 is 2.00 bits per heavy atom. The van der Waals surface area contributed by atoms with Gasteiger partial charge in [-0.15, -0.1) is 0 Å². The van der Waals surface area contributed by atoms with Crippen LogP contribution in [-0.4, -0.2) is 27.1 Å². The summed E-state index contributed by atoms with van der Waals surface area (Å²) >= 11 is 2.26. The lowest BCUT2D eigenvalue weighted by Crippen LogP contribution is -2.34. The van der Waals surface area contributed by atoms with E-state index in [9.17, 15) is 0 Å². The van der Waals surface area contributed by atoms with E-state index in [2.05, 4.69) is 36.4 Å². The summed E-state index contributed by atoms with van der Waals surface area (Å²) in [6.07, 6.45) is -0.366. The van der Waals surface area contributed by atoms with E-state index in [0.717, 1.165) is 14.9 Å². The lowest BCUT2D eigenvalue weighted by Gasteiger charge is -2.35. The van der Waals surface area contributed by atoms with Crippen molar-refractivity contribution in [2.24, 2.45) is 5.41 Å². The largest absolute Gasteiger partial charge is 0.467 e. The summed E-state index contributed by atoms with van der Waals surface area (Å²) in [4.78, 5) is 0. The highest BCUT2D eigenvalue weighted by Gasteiger charge is 2.30. The van der Waals surface area contributed by atoms with E-state index < -0.39 is 0 Å². The van der Waals surface area contributed by atoms with E-state index in [0.29, 0.717) is 13.2 Å². The molecule has 1 fully saturated rings. The highest BCUT2D eigenvalue weighted by Crippen LogP contribution is 2.36. The van der Waals surface area contributed by atoms with Gasteiger partial charge in [0.2, 0.25) is 0 Å². The molecule has 0 spiro atoms. The first-order valence-corrected chi connectivity index (χ1v) is 7.24. The van der Waals surface area contributed by atoms with Gasteiger partial charge in [0, 0.05) is 16.1 Å². The molecule has 0 aromatic heterocycles. The van der Waals surface area contributed by atoms with E-state index in [1.165, 1.54) is 0 Å². The van der Waals surface area contributed by atoms with E-state index in [1.807, 2.05) is 18.2 Å². The van der Waals surface area contributed by atoms with Crippen LogP contribution in [0.15, 0.2) is 18.2 Å². The zero-order valence-electron chi connectivity index (χ0n) is 11.4. The van der Waals surface area contributed by atoms with Crippen LogP contribution in [0.5, 0.6) is 5.75 Å². The van der Waals surface area contributed by atoms with Crippen molar-refractivity contribution in [1.29, 1.82) is 0 Å². The van der Waals surface area contributed by atoms with E-state index >= 15 is 0 Å². The molecule has 19 heavy (non-hydrogen) atoms. The van der Waals surface area contributed by atoms with Gasteiger partial charge in [0.25, 0.3) is 0 Å². The molecular weight excluding hydrogens is 359 g/mol. The molecule has 1 aromatic rings. The molecule has 0 amide bonds. The highest BCUT2D eigenvalue weighted by atomic mass is 127. The Bertz CT molecular complexity index is 423. The minimum Gasteiger partial charge on any atom is -0.467 e. The Morgan fingerprint density at radius 3 is 2.63 bits per heavy atom. The van der Waals surface area contributed by atoms with E-state index in [4.69, 9.17) is 18.9 Å². The molecule has 0 saturated carbocycles. The number of ether oxygens (including phenoxy) is 4. The summed E-state index contributed by atoms with van der Waals surface area (Å²) in [7, 11) is 1.60. The summed E-state index contributed by atoms with van der Waals surface area (Å²) in [5, 5.41) is 0. The summed E-state index contributed by atoms with van der Waals surface area (Å²) in [6, 6.07) is 5.93. The third kappa shape index (κ3) is 4.05. The van der Waals surface area contributed by atoms with Crippen LogP contribution in [0.3, 0.4) is 0 Å². The Kier molecular flexibility index (Phi) is 5.05. The predicted octanol–water partition coefficient (Wildman–Crippen LogP) is 3.35. The van der Waals surface area contributed by atoms with Gasteiger partial charge in [0.1, 0.15) is 5.75 Å². The molecule has 1 aromatic carbocycles. The fourth-order valence-electron chi connectivity index (χ4n) is 1.83. The van der Waals surface area contributed by atoms with Crippen LogP contribution in [0, 0.1) is 8.99 Å². The van der Waals surface area contributed by atoms with Crippen LogP contribution in [0.25, 0.3) is 0 Å². The zero-order chi connectivity index (χ0) is 13.9. The topological polar surface area (TPSA) is 36.9 Å². The number of rotatable bonds is 4. The summed E-state index contributed by atoms with van der Waals surface area (Å²) < 4.78 is 23.2. The molecule has 0 N–H and O–H groups in total. The highest BCUT2D eigenvalue weighted by molar-refractivity contribution is 14.1.